The molecule has 1 heterocycles. The number of nitrogens with two attached hydrogens (primary N) is 1. The molecule has 0 aliphatic heterocycles. The predicted molar refractivity (Wildman–Crippen MR) is 96.8 cm³/mol. The van der Waals surface area contributed by atoms with Crippen LogP contribution in [-0.2, 0) is 11.2 Å². The van der Waals surface area contributed by atoms with Gasteiger partial charge in [0.05, 0.1) is 11.4 Å². The highest BCUT2D eigenvalue weighted by Crippen LogP contribution is 2.27. The molecule has 0 radical (unpaired) electrons. The maximum absolute atomic E-state index is 12.9. The van der Waals surface area contributed by atoms with Gasteiger partial charge in [-0.3, -0.25) is 14.6 Å². The Morgan fingerprint density at radius 2 is 1.92 bits per heavy atom. The molecule has 2 rings (SSSR count). The highest BCUT2D eigenvalue weighted by atomic mass is 35.5. The molecule has 2 amide bonds. The number of phenols is 1. The van der Waals surface area contributed by atoms with E-state index in [1.54, 1.807) is 23.1 Å². The summed E-state index contributed by atoms with van der Waals surface area (Å²) in [5, 5.41) is 9.69. The van der Waals surface area contributed by atoms with Crippen LogP contribution in [0.2, 0.25) is 5.02 Å². The van der Waals surface area contributed by atoms with E-state index >= 15 is 0 Å². The molecule has 0 fully saturated rings. The molecule has 0 spiro atoms. The molecule has 6 nitrogen and oxygen atoms in total. The van der Waals surface area contributed by atoms with E-state index in [9.17, 15) is 14.7 Å². The molecule has 1 aromatic carbocycles. The Hall–Kier alpha value is -2.60. The van der Waals surface area contributed by atoms with Crippen molar-refractivity contribution in [1.29, 1.82) is 0 Å². The lowest BCUT2D eigenvalue weighted by Crippen LogP contribution is -2.46. The van der Waals surface area contributed by atoms with Gasteiger partial charge in [-0.1, -0.05) is 17.7 Å². The van der Waals surface area contributed by atoms with Crippen LogP contribution in [0.1, 0.15) is 36.8 Å². The number of aromatic nitrogens is 1. The molecule has 0 atom stereocenters. The van der Waals surface area contributed by atoms with E-state index in [0.717, 1.165) is 0 Å². The number of hydrogen-bond acceptors (Lipinski definition) is 4. The largest absolute Gasteiger partial charge is 0.506 e. The molecule has 0 aliphatic carbocycles. The first-order valence-electron chi connectivity index (χ1n) is 7.66. The zero-order chi connectivity index (χ0) is 18.8. The van der Waals surface area contributed by atoms with E-state index in [-0.39, 0.29) is 28.8 Å². The van der Waals surface area contributed by atoms with E-state index in [0.29, 0.717) is 11.3 Å². The minimum absolute atomic E-state index is 0.0363. The van der Waals surface area contributed by atoms with Gasteiger partial charge in [0.2, 0.25) is 5.91 Å². The van der Waals surface area contributed by atoms with Gasteiger partial charge in [-0.15, -0.1) is 0 Å². The number of hydrogen-bond donors (Lipinski definition) is 2. The van der Waals surface area contributed by atoms with E-state index in [1.165, 1.54) is 18.3 Å². The molecule has 132 valence electrons. The standard InChI is InChI=1S/C18H20ClN3O3/c1-18(2,3)22(12-6-7-21-14(10-12)17(20)25)16(24)9-11-4-5-15(23)13(19)8-11/h4-8,10,23H,9H2,1-3H3,(H2,20,25). The number of primary amides is 1. The third-order valence-electron chi connectivity index (χ3n) is 3.54. The maximum atomic E-state index is 12.9. The summed E-state index contributed by atoms with van der Waals surface area (Å²) < 4.78 is 0. The number of benzene rings is 1. The molecular weight excluding hydrogens is 342 g/mol. The highest BCUT2D eigenvalue weighted by Gasteiger charge is 2.28. The zero-order valence-electron chi connectivity index (χ0n) is 14.3. The van der Waals surface area contributed by atoms with Gasteiger partial charge in [0, 0.05) is 17.4 Å². The molecule has 7 heteroatoms. The minimum atomic E-state index is -0.659. The lowest BCUT2D eigenvalue weighted by atomic mass is 10.0. The Bertz CT molecular complexity index is 815. The minimum Gasteiger partial charge on any atom is -0.506 e. The van der Waals surface area contributed by atoms with Crippen LogP contribution >= 0.6 is 11.6 Å². The van der Waals surface area contributed by atoms with Crippen molar-refractivity contribution < 1.29 is 14.7 Å². The third-order valence-corrected chi connectivity index (χ3v) is 3.84. The normalized spacial score (nSPS) is 11.2. The number of amides is 2. The lowest BCUT2D eigenvalue weighted by molar-refractivity contribution is -0.118. The monoisotopic (exact) mass is 361 g/mol. The topological polar surface area (TPSA) is 96.5 Å². The van der Waals surface area contributed by atoms with Crippen LogP contribution in [0.3, 0.4) is 0 Å². The third kappa shape index (κ3) is 4.48. The van der Waals surface area contributed by atoms with Crippen molar-refractivity contribution in [3.8, 4) is 5.75 Å². The molecule has 0 aliphatic rings. The van der Waals surface area contributed by atoms with Crippen LogP contribution in [0.25, 0.3) is 0 Å². The molecule has 0 saturated carbocycles. The van der Waals surface area contributed by atoms with Crippen molar-refractivity contribution in [1.82, 2.24) is 4.98 Å². The molecule has 0 bridgehead atoms. The maximum Gasteiger partial charge on any atom is 0.267 e. The highest BCUT2D eigenvalue weighted by molar-refractivity contribution is 6.32. The number of rotatable bonds is 4. The zero-order valence-corrected chi connectivity index (χ0v) is 15.0. The van der Waals surface area contributed by atoms with Crippen molar-refractivity contribution >= 4 is 29.1 Å². The fraction of sp³-hybridized carbons (Fsp3) is 0.278. The van der Waals surface area contributed by atoms with Gasteiger partial charge >= 0.3 is 0 Å². The molecule has 0 saturated heterocycles. The van der Waals surface area contributed by atoms with Crippen molar-refractivity contribution in [2.45, 2.75) is 32.7 Å². The van der Waals surface area contributed by atoms with Gasteiger partial charge in [0.25, 0.3) is 5.91 Å². The van der Waals surface area contributed by atoms with Crippen LogP contribution < -0.4 is 10.6 Å². The van der Waals surface area contributed by atoms with E-state index in [4.69, 9.17) is 17.3 Å². The van der Waals surface area contributed by atoms with Crippen LogP contribution in [0.5, 0.6) is 5.75 Å². The van der Waals surface area contributed by atoms with Gasteiger partial charge in [-0.25, -0.2) is 0 Å². The second kappa shape index (κ2) is 7.11. The Morgan fingerprint density at radius 3 is 2.48 bits per heavy atom. The molecular formula is C18H20ClN3O3. The average molecular weight is 362 g/mol. The SMILES string of the molecule is CC(C)(C)N(C(=O)Cc1ccc(O)c(Cl)c1)c1ccnc(C(N)=O)c1. The Kier molecular flexibility index (Phi) is 5.33. The smallest absolute Gasteiger partial charge is 0.267 e. The number of pyridine rings is 1. The van der Waals surface area contributed by atoms with Gasteiger partial charge in [0.1, 0.15) is 11.4 Å². The summed E-state index contributed by atoms with van der Waals surface area (Å²) in [5.41, 5.74) is 6.04. The van der Waals surface area contributed by atoms with Crippen LogP contribution in [0.4, 0.5) is 5.69 Å². The first kappa shape index (κ1) is 18.7. The summed E-state index contributed by atoms with van der Waals surface area (Å²) in [6.07, 6.45) is 1.53. The molecule has 25 heavy (non-hydrogen) atoms. The van der Waals surface area contributed by atoms with Crippen LogP contribution in [-0.4, -0.2) is 27.4 Å². The molecule has 1 aromatic heterocycles. The Balaban J connectivity index is 2.37. The summed E-state index contributed by atoms with van der Waals surface area (Å²) >= 11 is 5.90. The molecule has 3 N–H and O–H groups in total. The van der Waals surface area contributed by atoms with Crippen molar-refractivity contribution in [2.24, 2.45) is 5.73 Å². The number of carbonyl (C=O) groups excluding carboxylic acids is 2. The van der Waals surface area contributed by atoms with E-state index in [1.807, 2.05) is 20.8 Å². The second-order valence-electron chi connectivity index (χ2n) is 6.63. The van der Waals surface area contributed by atoms with Gasteiger partial charge in [-0.05, 0) is 50.6 Å². The van der Waals surface area contributed by atoms with Crippen molar-refractivity contribution in [2.75, 3.05) is 4.90 Å². The predicted octanol–water partition coefficient (Wildman–Crippen LogP) is 2.91. The second-order valence-corrected chi connectivity index (χ2v) is 7.03. The first-order valence-corrected chi connectivity index (χ1v) is 8.03. The quantitative estimate of drug-likeness (QED) is 0.874. The summed E-state index contributed by atoms with van der Waals surface area (Å²) in [6.45, 7) is 5.66. The van der Waals surface area contributed by atoms with E-state index < -0.39 is 11.4 Å². The average Bonchev–Trinajstić information content (AvgIpc) is 2.50. The number of aromatic hydroxyl groups is 1. The van der Waals surface area contributed by atoms with E-state index in [2.05, 4.69) is 4.98 Å². The van der Waals surface area contributed by atoms with Crippen LogP contribution in [0.15, 0.2) is 36.5 Å². The Labute approximate surface area is 151 Å². The Morgan fingerprint density at radius 1 is 1.24 bits per heavy atom. The summed E-state index contributed by atoms with van der Waals surface area (Å²) in [4.78, 5) is 29.8. The number of phenolic OH excluding ortho intramolecular Hbond substituents is 1. The molecule has 0 unspecified atom stereocenters. The number of nitrogens with zero attached hydrogens (tertiary/aromatic N) is 2. The summed E-state index contributed by atoms with van der Waals surface area (Å²) in [6, 6.07) is 7.79. The first-order chi connectivity index (χ1) is 11.6. The number of anilines is 1. The fourth-order valence-corrected chi connectivity index (χ4v) is 2.72. The fourth-order valence-electron chi connectivity index (χ4n) is 2.51. The van der Waals surface area contributed by atoms with Crippen molar-refractivity contribution in [3.05, 3.63) is 52.8 Å². The summed E-state index contributed by atoms with van der Waals surface area (Å²) in [5.74, 6) is -0.880. The van der Waals surface area contributed by atoms with Gasteiger partial charge in [-0.2, -0.15) is 0 Å². The lowest BCUT2D eigenvalue weighted by Gasteiger charge is -2.36. The van der Waals surface area contributed by atoms with Gasteiger partial charge < -0.3 is 15.7 Å². The van der Waals surface area contributed by atoms with Crippen molar-refractivity contribution in [3.63, 3.8) is 0 Å². The summed E-state index contributed by atoms with van der Waals surface area (Å²) in [7, 11) is 0. The molecule has 2 aromatic rings. The number of carbonyl (C=O) groups is 2. The van der Waals surface area contributed by atoms with Crippen LogP contribution in [0, 0.1) is 0 Å². The van der Waals surface area contributed by atoms with Gasteiger partial charge in [0.15, 0.2) is 0 Å². The number of halogens is 1.